The highest BCUT2D eigenvalue weighted by Gasteiger charge is 2.23. The summed E-state index contributed by atoms with van der Waals surface area (Å²) in [5.41, 5.74) is 1.67. The van der Waals surface area contributed by atoms with Crippen LogP contribution in [-0.2, 0) is 16.6 Å². The van der Waals surface area contributed by atoms with Crippen LogP contribution < -0.4 is 4.72 Å². The van der Waals surface area contributed by atoms with Crippen LogP contribution in [0.3, 0.4) is 0 Å². The number of hydrogen-bond acceptors (Lipinski definition) is 4. The summed E-state index contributed by atoms with van der Waals surface area (Å²) in [5.74, 6) is -0.122. The van der Waals surface area contributed by atoms with Gasteiger partial charge in [0.1, 0.15) is 0 Å². The Bertz CT molecular complexity index is 876. The van der Waals surface area contributed by atoms with E-state index in [2.05, 4.69) is 21.8 Å². The van der Waals surface area contributed by atoms with Gasteiger partial charge < -0.3 is 4.90 Å². The second-order valence-electron chi connectivity index (χ2n) is 6.58. The van der Waals surface area contributed by atoms with E-state index in [9.17, 15) is 13.2 Å². The summed E-state index contributed by atoms with van der Waals surface area (Å²) < 4.78 is 26.8. The van der Waals surface area contributed by atoms with Gasteiger partial charge in [0.2, 0.25) is 10.0 Å². The van der Waals surface area contributed by atoms with Gasteiger partial charge >= 0.3 is 0 Å². The molecule has 0 unspecified atom stereocenters. The van der Waals surface area contributed by atoms with E-state index in [1.165, 1.54) is 17.7 Å². The minimum Gasteiger partial charge on any atom is -0.336 e. The van der Waals surface area contributed by atoms with Crippen molar-refractivity contribution in [3.63, 3.8) is 0 Å². The van der Waals surface area contributed by atoms with Gasteiger partial charge in [-0.25, -0.2) is 13.1 Å². The number of rotatable bonds is 6. The summed E-state index contributed by atoms with van der Waals surface area (Å²) in [7, 11) is -3.57. The predicted octanol–water partition coefficient (Wildman–Crippen LogP) is 1.94. The number of carbonyl (C=O) groups excluding carboxylic acids is 1. The Morgan fingerprint density at radius 3 is 2.37 bits per heavy atom. The molecule has 6 nitrogen and oxygen atoms in total. The Morgan fingerprint density at radius 2 is 1.70 bits per heavy atom. The topological polar surface area (TPSA) is 69.7 Å². The fourth-order valence-electron chi connectivity index (χ4n) is 3.20. The maximum atomic E-state index is 12.8. The number of hydrogen-bond donors (Lipinski definition) is 1. The van der Waals surface area contributed by atoms with Crippen molar-refractivity contribution in [3.8, 4) is 0 Å². The molecule has 3 rings (SSSR count). The maximum Gasteiger partial charge on any atom is 0.253 e. The summed E-state index contributed by atoms with van der Waals surface area (Å²) in [4.78, 5) is 17.0. The number of piperazine rings is 1. The number of nitrogens with zero attached hydrogens (tertiary/aromatic N) is 2. The van der Waals surface area contributed by atoms with Crippen molar-refractivity contribution in [3.05, 3.63) is 65.7 Å². The highest BCUT2D eigenvalue weighted by molar-refractivity contribution is 7.89. The molecule has 1 saturated heterocycles. The van der Waals surface area contributed by atoms with Crippen LogP contribution in [0.25, 0.3) is 0 Å². The van der Waals surface area contributed by atoms with Crippen LogP contribution in [-0.4, -0.2) is 56.8 Å². The van der Waals surface area contributed by atoms with Gasteiger partial charge in [-0.15, -0.1) is 0 Å². The lowest BCUT2D eigenvalue weighted by molar-refractivity contribution is 0.0628. The molecule has 1 fully saturated rings. The summed E-state index contributed by atoms with van der Waals surface area (Å²) in [5, 5.41) is 0. The van der Waals surface area contributed by atoms with E-state index in [0.29, 0.717) is 25.2 Å². The van der Waals surface area contributed by atoms with Gasteiger partial charge in [0.25, 0.3) is 5.91 Å². The van der Waals surface area contributed by atoms with Crippen molar-refractivity contribution in [2.45, 2.75) is 18.4 Å². The number of amides is 1. The molecule has 144 valence electrons. The van der Waals surface area contributed by atoms with Crippen LogP contribution in [0.5, 0.6) is 0 Å². The first kappa shape index (κ1) is 19.5. The number of benzene rings is 2. The van der Waals surface area contributed by atoms with Crippen LogP contribution >= 0.6 is 0 Å². The third-order valence-electron chi connectivity index (χ3n) is 4.63. The molecule has 1 heterocycles. The first-order valence-corrected chi connectivity index (χ1v) is 10.6. The molecule has 1 N–H and O–H groups in total. The minimum absolute atomic E-state index is 0.122. The van der Waals surface area contributed by atoms with Gasteiger partial charge in [-0.3, -0.25) is 9.69 Å². The Hall–Kier alpha value is -2.22. The normalized spacial score (nSPS) is 15.7. The molecular weight excluding hydrogens is 362 g/mol. The molecule has 0 radical (unpaired) electrons. The van der Waals surface area contributed by atoms with Crippen LogP contribution in [0.15, 0.2) is 59.5 Å². The van der Waals surface area contributed by atoms with Crippen molar-refractivity contribution in [2.24, 2.45) is 0 Å². The van der Waals surface area contributed by atoms with Crippen LogP contribution in [0.4, 0.5) is 0 Å². The number of nitrogens with one attached hydrogen (secondary N) is 1. The zero-order valence-electron chi connectivity index (χ0n) is 15.5. The molecule has 1 aliphatic rings. The van der Waals surface area contributed by atoms with Crippen molar-refractivity contribution in [1.29, 1.82) is 0 Å². The largest absolute Gasteiger partial charge is 0.336 e. The Labute approximate surface area is 160 Å². The molecule has 0 bridgehead atoms. The van der Waals surface area contributed by atoms with E-state index in [1.54, 1.807) is 24.0 Å². The molecule has 2 aromatic carbocycles. The molecular formula is C20H25N3O3S. The van der Waals surface area contributed by atoms with E-state index in [-0.39, 0.29) is 10.8 Å². The Kier molecular flexibility index (Phi) is 6.26. The van der Waals surface area contributed by atoms with Crippen molar-refractivity contribution in [2.75, 3.05) is 32.7 Å². The van der Waals surface area contributed by atoms with E-state index in [4.69, 9.17) is 0 Å². The third kappa shape index (κ3) is 4.94. The van der Waals surface area contributed by atoms with Gasteiger partial charge in [0, 0.05) is 44.8 Å². The van der Waals surface area contributed by atoms with Gasteiger partial charge in [0.05, 0.1) is 4.90 Å². The smallest absolute Gasteiger partial charge is 0.253 e. The van der Waals surface area contributed by atoms with E-state index >= 15 is 0 Å². The second kappa shape index (κ2) is 8.65. The zero-order valence-corrected chi connectivity index (χ0v) is 16.3. The Morgan fingerprint density at radius 1 is 1.00 bits per heavy atom. The molecule has 0 aliphatic carbocycles. The van der Waals surface area contributed by atoms with Gasteiger partial charge in [-0.2, -0.15) is 0 Å². The SMILES string of the molecule is CCNS(=O)(=O)c1cccc(C(=O)N2CCN(Cc3ccccc3)CC2)c1. The van der Waals surface area contributed by atoms with Crippen molar-refractivity contribution in [1.82, 2.24) is 14.5 Å². The molecule has 0 atom stereocenters. The van der Waals surface area contributed by atoms with Crippen molar-refractivity contribution >= 4 is 15.9 Å². The first-order chi connectivity index (χ1) is 13.0. The lowest BCUT2D eigenvalue weighted by atomic mass is 10.1. The van der Waals surface area contributed by atoms with Crippen LogP contribution in [0.1, 0.15) is 22.8 Å². The van der Waals surface area contributed by atoms with Crippen LogP contribution in [0.2, 0.25) is 0 Å². The van der Waals surface area contributed by atoms with Crippen LogP contribution in [0, 0.1) is 0 Å². The molecule has 0 spiro atoms. The quantitative estimate of drug-likeness (QED) is 0.822. The zero-order chi connectivity index (χ0) is 19.3. The number of carbonyl (C=O) groups is 1. The molecule has 27 heavy (non-hydrogen) atoms. The molecule has 2 aromatic rings. The molecule has 1 aliphatic heterocycles. The summed E-state index contributed by atoms with van der Waals surface area (Å²) in [6, 6.07) is 16.5. The minimum atomic E-state index is -3.57. The maximum absolute atomic E-state index is 12.8. The first-order valence-electron chi connectivity index (χ1n) is 9.15. The van der Waals surface area contributed by atoms with E-state index in [1.807, 2.05) is 18.2 Å². The van der Waals surface area contributed by atoms with E-state index in [0.717, 1.165) is 19.6 Å². The second-order valence-corrected chi connectivity index (χ2v) is 8.35. The summed E-state index contributed by atoms with van der Waals surface area (Å²) >= 11 is 0. The monoisotopic (exact) mass is 387 g/mol. The molecule has 0 aromatic heterocycles. The molecule has 0 saturated carbocycles. The highest BCUT2D eigenvalue weighted by Crippen LogP contribution is 2.15. The lowest BCUT2D eigenvalue weighted by Crippen LogP contribution is -2.48. The van der Waals surface area contributed by atoms with Gasteiger partial charge in [-0.1, -0.05) is 43.3 Å². The number of sulfonamides is 1. The average Bonchev–Trinajstić information content (AvgIpc) is 2.69. The fraction of sp³-hybridized carbons (Fsp3) is 0.350. The molecule has 1 amide bonds. The average molecular weight is 388 g/mol. The summed E-state index contributed by atoms with van der Waals surface area (Å²) in [6.45, 7) is 5.78. The highest BCUT2D eigenvalue weighted by atomic mass is 32.2. The van der Waals surface area contributed by atoms with Gasteiger partial charge in [0.15, 0.2) is 0 Å². The third-order valence-corrected chi connectivity index (χ3v) is 6.18. The lowest BCUT2D eigenvalue weighted by Gasteiger charge is -2.34. The summed E-state index contributed by atoms with van der Waals surface area (Å²) in [6.07, 6.45) is 0. The Balaban J connectivity index is 1.62. The van der Waals surface area contributed by atoms with Gasteiger partial charge in [-0.05, 0) is 23.8 Å². The standard InChI is InChI=1S/C20H25N3O3S/c1-2-21-27(25,26)19-10-6-9-18(15-19)20(24)23-13-11-22(12-14-23)16-17-7-4-3-5-8-17/h3-10,15,21H,2,11-14,16H2,1H3. The fourth-order valence-corrected chi connectivity index (χ4v) is 4.29. The predicted molar refractivity (Wildman–Crippen MR) is 105 cm³/mol. The molecule has 7 heteroatoms. The van der Waals surface area contributed by atoms with E-state index < -0.39 is 10.0 Å². The van der Waals surface area contributed by atoms with Crippen molar-refractivity contribution < 1.29 is 13.2 Å².